The lowest BCUT2D eigenvalue weighted by atomic mass is 10.1. The molecular formula is C9H4F5IO. The van der Waals surface area contributed by atoms with Crippen LogP contribution in [0.4, 0.5) is 22.0 Å². The van der Waals surface area contributed by atoms with Gasteiger partial charge in [-0.15, -0.1) is 0 Å². The summed E-state index contributed by atoms with van der Waals surface area (Å²) in [5, 5.41) is 0. The topological polar surface area (TPSA) is 17.1 Å². The first-order chi connectivity index (χ1) is 7.16. The summed E-state index contributed by atoms with van der Waals surface area (Å²) < 4.78 is 61.4. The molecule has 0 unspecified atom stereocenters. The van der Waals surface area contributed by atoms with Gasteiger partial charge in [-0.3, -0.25) is 4.79 Å². The van der Waals surface area contributed by atoms with Crippen LogP contribution < -0.4 is 0 Å². The Morgan fingerprint density at radius 1 is 1.12 bits per heavy atom. The molecule has 88 valence electrons. The molecule has 1 nitrogen and oxygen atoms in total. The van der Waals surface area contributed by atoms with Crippen LogP contribution in [-0.4, -0.2) is 17.9 Å². The molecule has 0 N–H and O–H groups in total. The van der Waals surface area contributed by atoms with Crippen molar-refractivity contribution in [1.82, 2.24) is 0 Å². The number of ketones is 1. The van der Waals surface area contributed by atoms with Gasteiger partial charge >= 0.3 is 12.1 Å². The van der Waals surface area contributed by atoms with E-state index in [0.717, 1.165) is 12.1 Å². The smallest absolute Gasteiger partial charge is 0.287 e. The number of rotatable bonds is 2. The molecule has 0 aliphatic rings. The van der Waals surface area contributed by atoms with E-state index in [0.29, 0.717) is 3.57 Å². The molecule has 0 aromatic heterocycles. The van der Waals surface area contributed by atoms with Crippen LogP contribution in [0.3, 0.4) is 0 Å². The Labute approximate surface area is 101 Å². The average molecular weight is 350 g/mol. The third-order valence-corrected chi connectivity index (χ3v) is 2.40. The summed E-state index contributed by atoms with van der Waals surface area (Å²) >= 11 is 1.71. The Morgan fingerprint density at radius 2 is 1.69 bits per heavy atom. The van der Waals surface area contributed by atoms with Crippen LogP contribution in [0.15, 0.2) is 24.3 Å². The number of alkyl halides is 5. The first kappa shape index (κ1) is 13.3. The molecule has 0 aliphatic heterocycles. The van der Waals surface area contributed by atoms with E-state index in [2.05, 4.69) is 0 Å². The van der Waals surface area contributed by atoms with Crippen molar-refractivity contribution < 1.29 is 26.7 Å². The monoisotopic (exact) mass is 350 g/mol. The summed E-state index contributed by atoms with van der Waals surface area (Å²) in [7, 11) is 0. The van der Waals surface area contributed by atoms with E-state index in [4.69, 9.17) is 0 Å². The number of halogens is 6. The normalized spacial score (nSPS) is 12.6. The van der Waals surface area contributed by atoms with Crippen molar-refractivity contribution in [3.8, 4) is 0 Å². The van der Waals surface area contributed by atoms with Crippen LogP contribution in [0.5, 0.6) is 0 Å². The highest BCUT2D eigenvalue weighted by Crippen LogP contribution is 2.38. The molecule has 7 heteroatoms. The highest BCUT2D eigenvalue weighted by Gasteiger charge is 2.63. The predicted molar refractivity (Wildman–Crippen MR) is 54.5 cm³/mol. The molecule has 0 bridgehead atoms. The number of hydrogen-bond acceptors (Lipinski definition) is 1. The number of Topliss-reactive ketones (excluding diaryl/α,β-unsaturated/α-hetero) is 1. The van der Waals surface area contributed by atoms with Crippen molar-refractivity contribution in [3.63, 3.8) is 0 Å². The molecule has 16 heavy (non-hydrogen) atoms. The van der Waals surface area contributed by atoms with E-state index in [-0.39, 0.29) is 0 Å². The fourth-order valence-corrected chi connectivity index (χ4v) is 1.48. The molecular weight excluding hydrogens is 346 g/mol. The lowest BCUT2D eigenvalue weighted by molar-refractivity contribution is -0.255. The Morgan fingerprint density at radius 3 is 2.12 bits per heavy atom. The summed E-state index contributed by atoms with van der Waals surface area (Å²) in [6, 6.07) is 4.61. The molecule has 0 fully saturated rings. The zero-order valence-electron chi connectivity index (χ0n) is 7.49. The first-order valence-corrected chi connectivity index (χ1v) is 4.99. The highest BCUT2D eigenvalue weighted by atomic mass is 127. The van der Waals surface area contributed by atoms with Gasteiger partial charge in [0, 0.05) is 9.13 Å². The summed E-state index contributed by atoms with van der Waals surface area (Å²) in [6.45, 7) is 0. The van der Waals surface area contributed by atoms with Crippen molar-refractivity contribution in [3.05, 3.63) is 33.4 Å². The van der Waals surface area contributed by atoms with Gasteiger partial charge in [-0.25, -0.2) is 0 Å². The molecule has 0 radical (unpaired) electrons. The average Bonchev–Trinajstić information content (AvgIpc) is 2.14. The summed E-state index contributed by atoms with van der Waals surface area (Å²) in [5.74, 6) is -7.59. The third-order valence-electron chi connectivity index (χ3n) is 1.73. The van der Waals surface area contributed by atoms with Crippen LogP contribution in [0, 0.1) is 3.57 Å². The largest absolute Gasteiger partial charge is 0.461 e. The minimum atomic E-state index is -5.87. The van der Waals surface area contributed by atoms with E-state index in [1.165, 1.54) is 12.1 Å². The van der Waals surface area contributed by atoms with Gasteiger partial charge in [-0.1, -0.05) is 12.1 Å². The van der Waals surface area contributed by atoms with Crippen LogP contribution >= 0.6 is 22.6 Å². The Bertz CT molecular complexity index is 413. The van der Waals surface area contributed by atoms with Gasteiger partial charge in [0.1, 0.15) is 0 Å². The third kappa shape index (κ3) is 2.50. The van der Waals surface area contributed by atoms with Crippen molar-refractivity contribution in [1.29, 1.82) is 0 Å². The zero-order valence-corrected chi connectivity index (χ0v) is 9.64. The molecule has 1 aromatic rings. The fourth-order valence-electron chi connectivity index (χ4n) is 0.940. The molecule has 0 saturated heterocycles. The van der Waals surface area contributed by atoms with E-state index < -0.39 is 23.4 Å². The molecule has 1 rings (SSSR count). The number of benzene rings is 1. The predicted octanol–water partition coefficient (Wildman–Crippen LogP) is 3.67. The summed E-state index contributed by atoms with van der Waals surface area (Å²) in [6.07, 6.45) is -5.87. The van der Waals surface area contributed by atoms with Gasteiger partial charge in [0.15, 0.2) is 0 Å². The van der Waals surface area contributed by atoms with Gasteiger partial charge in [-0.05, 0) is 34.7 Å². The fraction of sp³-hybridized carbons (Fsp3) is 0.222. The van der Waals surface area contributed by atoms with Gasteiger partial charge < -0.3 is 0 Å². The number of hydrogen-bond donors (Lipinski definition) is 0. The van der Waals surface area contributed by atoms with E-state index in [9.17, 15) is 26.7 Å². The second-order valence-electron chi connectivity index (χ2n) is 2.91. The second-order valence-corrected chi connectivity index (χ2v) is 4.16. The summed E-state index contributed by atoms with van der Waals surface area (Å²) in [5.41, 5.74) is -0.658. The van der Waals surface area contributed by atoms with E-state index >= 15 is 0 Å². The second kappa shape index (κ2) is 4.27. The minimum Gasteiger partial charge on any atom is -0.287 e. The van der Waals surface area contributed by atoms with Crippen molar-refractivity contribution in [2.45, 2.75) is 12.1 Å². The maximum atomic E-state index is 12.7. The van der Waals surface area contributed by atoms with Crippen molar-refractivity contribution in [2.75, 3.05) is 0 Å². The molecule has 0 saturated carbocycles. The Balaban J connectivity index is 3.12. The highest BCUT2D eigenvalue weighted by molar-refractivity contribution is 14.1. The first-order valence-electron chi connectivity index (χ1n) is 3.91. The number of carbonyl (C=O) groups excluding carboxylic acids is 1. The zero-order chi connectivity index (χ0) is 12.6. The van der Waals surface area contributed by atoms with E-state index in [1.807, 2.05) is 0 Å². The Kier molecular flexibility index (Phi) is 3.56. The standard InChI is InChI=1S/C9H4F5IO/c10-8(11,9(12,13)14)7(16)5-2-1-3-6(15)4-5/h1-4H. The maximum Gasteiger partial charge on any atom is 0.461 e. The van der Waals surface area contributed by atoms with Crippen LogP contribution in [0.1, 0.15) is 10.4 Å². The van der Waals surface area contributed by atoms with Crippen LogP contribution in [0.2, 0.25) is 0 Å². The van der Waals surface area contributed by atoms with Gasteiger partial charge in [0.05, 0.1) is 0 Å². The van der Waals surface area contributed by atoms with Crippen molar-refractivity contribution in [2.24, 2.45) is 0 Å². The van der Waals surface area contributed by atoms with Gasteiger partial charge in [0.25, 0.3) is 0 Å². The minimum absolute atomic E-state index is 0.404. The van der Waals surface area contributed by atoms with Crippen molar-refractivity contribution >= 4 is 28.4 Å². The molecule has 0 amide bonds. The van der Waals surface area contributed by atoms with E-state index in [1.54, 1.807) is 22.6 Å². The van der Waals surface area contributed by atoms with Gasteiger partial charge in [0.2, 0.25) is 5.78 Å². The molecule has 0 atom stereocenters. The maximum absolute atomic E-state index is 12.7. The molecule has 1 aromatic carbocycles. The number of carbonyl (C=O) groups is 1. The molecule has 0 spiro atoms. The summed E-state index contributed by atoms with van der Waals surface area (Å²) in [4.78, 5) is 11.0. The Hall–Kier alpha value is -0.730. The lowest BCUT2D eigenvalue weighted by Gasteiger charge is -2.18. The van der Waals surface area contributed by atoms with Crippen LogP contribution in [-0.2, 0) is 0 Å². The van der Waals surface area contributed by atoms with Gasteiger partial charge in [-0.2, -0.15) is 22.0 Å². The quantitative estimate of drug-likeness (QED) is 0.452. The molecule has 0 aliphatic carbocycles. The molecule has 0 heterocycles. The van der Waals surface area contributed by atoms with Crippen LogP contribution in [0.25, 0.3) is 0 Å². The SMILES string of the molecule is O=C(c1cccc(I)c1)C(F)(F)C(F)(F)F. The lowest BCUT2D eigenvalue weighted by Crippen LogP contribution is -2.44.